The second-order valence-electron chi connectivity index (χ2n) is 11.3. The zero-order valence-electron chi connectivity index (χ0n) is 22.1. The highest BCUT2D eigenvalue weighted by Crippen LogP contribution is 2.51. The molecule has 1 saturated heterocycles. The van der Waals surface area contributed by atoms with Crippen molar-refractivity contribution in [3.05, 3.63) is 38.2 Å². The fraction of sp³-hybridized carbons (Fsp3) is 0.704. The van der Waals surface area contributed by atoms with E-state index in [9.17, 15) is 22.8 Å². The van der Waals surface area contributed by atoms with E-state index in [0.29, 0.717) is 78.3 Å². The average Bonchev–Trinajstić information content (AvgIpc) is 3.36. The Morgan fingerprint density at radius 3 is 2.37 bits per heavy atom. The van der Waals surface area contributed by atoms with Crippen LogP contribution in [0.2, 0.25) is 0 Å². The fourth-order valence-corrected chi connectivity index (χ4v) is 7.62. The molecule has 3 aliphatic rings. The first-order valence-corrected chi connectivity index (χ1v) is 14.5. The maximum absolute atomic E-state index is 13.5. The summed E-state index contributed by atoms with van der Waals surface area (Å²) in [5.74, 6) is 2.55. The molecule has 2 aromatic heterocycles. The van der Waals surface area contributed by atoms with Crippen molar-refractivity contribution in [2.45, 2.75) is 71.5 Å². The van der Waals surface area contributed by atoms with Crippen LogP contribution < -0.4 is 10.6 Å². The summed E-state index contributed by atoms with van der Waals surface area (Å²) < 4.78 is 40.1. The topological polar surface area (TPSA) is 71.3 Å². The number of nitrogens with zero attached hydrogens (tertiary/aromatic N) is 5. The summed E-state index contributed by atoms with van der Waals surface area (Å²) in [6, 6.07) is 2.41. The van der Waals surface area contributed by atoms with E-state index < -0.39 is 16.7 Å². The van der Waals surface area contributed by atoms with E-state index in [-0.39, 0.29) is 12.0 Å². The van der Waals surface area contributed by atoms with Gasteiger partial charge in [-0.25, -0.2) is 4.79 Å². The predicted octanol–water partition coefficient (Wildman–Crippen LogP) is 4.76. The van der Waals surface area contributed by atoms with Gasteiger partial charge < -0.3 is 4.90 Å². The first kappa shape index (κ1) is 27.3. The molecule has 0 aromatic carbocycles. The molecule has 3 heterocycles. The monoisotopic (exact) mass is 551 g/mol. The first-order valence-electron chi connectivity index (χ1n) is 13.7. The molecule has 2 bridgehead atoms. The van der Waals surface area contributed by atoms with Crippen molar-refractivity contribution >= 4 is 23.1 Å². The van der Waals surface area contributed by atoms with Crippen molar-refractivity contribution in [2.24, 2.45) is 17.3 Å². The largest absolute Gasteiger partial charge is 0.425 e. The number of fused-ring (bicyclic) bond motifs is 2. The van der Waals surface area contributed by atoms with Crippen molar-refractivity contribution in [3.63, 3.8) is 0 Å². The van der Waals surface area contributed by atoms with E-state index in [2.05, 4.69) is 21.8 Å². The Bertz CT molecular complexity index is 1210. The molecule has 2 atom stereocenters. The second-order valence-corrected chi connectivity index (χ2v) is 12.5. The molecule has 1 aliphatic heterocycles. The van der Waals surface area contributed by atoms with Crippen LogP contribution in [-0.4, -0.2) is 57.9 Å². The van der Waals surface area contributed by atoms with Gasteiger partial charge >= 0.3 is 11.9 Å². The molecule has 0 spiro atoms. The van der Waals surface area contributed by atoms with E-state index in [0.717, 1.165) is 25.3 Å². The Morgan fingerprint density at radius 2 is 1.79 bits per heavy atom. The van der Waals surface area contributed by atoms with Crippen LogP contribution in [0, 0.1) is 24.2 Å². The summed E-state index contributed by atoms with van der Waals surface area (Å²) >= 11 is 0.622. The highest BCUT2D eigenvalue weighted by molar-refractivity contribution is 7.12. The highest BCUT2D eigenvalue weighted by atomic mass is 32.1. The van der Waals surface area contributed by atoms with Crippen LogP contribution in [0.3, 0.4) is 0 Å². The zero-order valence-corrected chi connectivity index (χ0v) is 22.9. The minimum absolute atomic E-state index is 0.00246. The van der Waals surface area contributed by atoms with Crippen LogP contribution in [-0.2, 0) is 17.5 Å². The number of rotatable bonds is 7. The number of thiophene rings is 1. The Hall–Kier alpha value is -2.27. The van der Waals surface area contributed by atoms with Gasteiger partial charge in [-0.1, -0.05) is 26.2 Å². The van der Waals surface area contributed by atoms with Crippen molar-refractivity contribution in [3.8, 4) is 0 Å². The van der Waals surface area contributed by atoms with Gasteiger partial charge in [0.15, 0.2) is 5.78 Å². The van der Waals surface area contributed by atoms with Gasteiger partial charge in [0.25, 0.3) is 0 Å². The Morgan fingerprint density at radius 1 is 1.11 bits per heavy atom. The molecule has 0 amide bonds. The summed E-state index contributed by atoms with van der Waals surface area (Å²) in [5.41, 5.74) is -0.695. The molecule has 2 aromatic rings. The lowest BCUT2D eigenvalue weighted by Crippen LogP contribution is -2.52. The molecule has 2 saturated carbocycles. The van der Waals surface area contributed by atoms with Gasteiger partial charge in [-0.15, -0.1) is 11.3 Å². The van der Waals surface area contributed by atoms with Crippen molar-refractivity contribution < 1.29 is 18.0 Å². The third-order valence-corrected chi connectivity index (χ3v) is 9.99. The van der Waals surface area contributed by atoms with E-state index in [4.69, 9.17) is 0 Å². The summed E-state index contributed by atoms with van der Waals surface area (Å²) in [5, 5.41) is 0. The molecular formula is C27H36F3N5O2S. The summed E-state index contributed by atoms with van der Waals surface area (Å²) in [7, 11) is 0. The number of ketones is 1. The quantitative estimate of drug-likeness (QED) is 0.494. The molecule has 38 heavy (non-hydrogen) atoms. The maximum Gasteiger partial charge on any atom is 0.425 e. The minimum Gasteiger partial charge on any atom is -0.338 e. The Labute approximate surface area is 225 Å². The molecule has 7 nitrogen and oxygen atoms in total. The minimum atomic E-state index is -4.40. The number of carbonyl (C=O) groups is 1. The maximum atomic E-state index is 13.5. The Balaban J connectivity index is 1.19. The van der Waals surface area contributed by atoms with Crippen molar-refractivity contribution in [2.75, 3.05) is 37.6 Å². The number of carbonyl (C=O) groups excluding carboxylic acids is 1. The summed E-state index contributed by atoms with van der Waals surface area (Å²) in [6.45, 7) is 6.93. The number of piperazine rings is 1. The number of aromatic nitrogens is 3. The third-order valence-electron chi connectivity index (χ3n) is 8.87. The van der Waals surface area contributed by atoms with Crippen molar-refractivity contribution in [1.82, 2.24) is 19.4 Å². The molecular weight excluding hydrogens is 515 g/mol. The van der Waals surface area contributed by atoms with Gasteiger partial charge in [-0.3, -0.25) is 14.3 Å². The van der Waals surface area contributed by atoms with Crippen LogP contribution in [0.5, 0.6) is 0 Å². The molecule has 0 N–H and O–H groups in total. The number of alkyl halides is 3. The standard InChI is InChI=1S/C27H36F3N5O2S/c1-3-26(14-19-5-4-6-20(13-19)15-26)22(36)17-33-9-11-34(12-10-33)24-31-18(2)35(25(37)32-24)16-21-7-8-23(38-21)27(28,29)30/h7-8,19-20H,3-6,9-17H2,1-2H3. The van der Waals surface area contributed by atoms with E-state index >= 15 is 0 Å². The van der Waals surface area contributed by atoms with Gasteiger partial charge in [0.05, 0.1) is 13.1 Å². The number of aryl methyl sites for hydroxylation is 1. The van der Waals surface area contributed by atoms with Gasteiger partial charge in [0.1, 0.15) is 10.7 Å². The number of Topliss-reactive ketones (excluding diaryl/α,β-unsaturated/α-hetero) is 1. The van der Waals surface area contributed by atoms with Gasteiger partial charge in [0, 0.05) is 36.5 Å². The number of hydrogen-bond acceptors (Lipinski definition) is 7. The third kappa shape index (κ3) is 5.68. The van der Waals surface area contributed by atoms with E-state index in [1.54, 1.807) is 6.92 Å². The predicted molar refractivity (Wildman–Crippen MR) is 141 cm³/mol. The Kier molecular flexibility index (Phi) is 7.70. The van der Waals surface area contributed by atoms with Gasteiger partial charge in [0.2, 0.25) is 5.95 Å². The molecule has 5 rings (SSSR count). The van der Waals surface area contributed by atoms with Crippen LogP contribution in [0.4, 0.5) is 19.1 Å². The number of halogens is 3. The average molecular weight is 552 g/mol. The fourth-order valence-electron chi connectivity index (χ4n) is 6.76. The van der Waals surface area contributed by atoms with Crippen LogP contribution >= 0.6 is 11.3 Å². The van der Waals surface area contributed by atoms with E-state index in [1.807, 2.05) is 4.90 Å². The lowest BCUT2D eigenvalue weighted by molar-refractivity contribution is -0.135. The van der Waals surface area contributed by atoms with Crippen LogP contribution in [0.25, 0.3) is 0 Å². The smallest absolute Gasteiger partial charge is 0.338 e. The lowest BCUT2D eigenvalue weighted by Gasteiger charge is -2.47. The highest BCUT2D eigenvalue weighted by Gasteiger charge is 2.45. The van der Waals surface area contributed by atoms with Crippen LogP contribution in [0.1, 0.15) is 67.4 Å². The first-order chi connectivity index (χ1) is 18.1. The van der Waals surface area contributed by atoms with Gasteiger partial charge in [-0.05, 0) is 56.6 Å². The molecule has 3 fully saturated rings. The van der Waals surface area contributed by atoms with Crippen molar-refractivity contribution in [1.29, 1.82) is 0 Å². The SMILES string of the molecule is CCC1(C(=O)CN2CCN(c3nc(C)n(Cc4ccc(C(F)(F)F)s4)c(=O)n3)CC2)CC2CCCC(C2)C1. The molecule has 208 valence electrons. The molecule has 11 heteroatoms. The molecule has 0 radical (unpaired) electrons. The van der Waals surface area contributed by atoms with Gasteiger partial charge in [-0.2, -0.15) is 23.1 Å². The second kappa shape index (κ2) is 10.7. The molecule has 2 aliphatic carbocycles. The number of hydrogen-bond donors (Lipinski definition) is 0. The molecule has 2 unspecified atom stereocenters. The van der Waals surface area contributed by atoms with E-state index in [1.165, 1.54) is 36.3 Å². The van der Waals surface area contributed by atoms with Crippen LogP contribution in [0.15, 0.2) is 16.9 Å². The normalized spacial score (nSPS) is 26.5. The summed E-state index contributed by atoms with van der Waals surface area (Å²) in [4.78, 5) is 38.8. The number of anilines is 1. The zero-order chi connectivity index (χ0) is 27.1. The lowest BCUT2D eigenvalue weighted by atomic mass is 9.58. The summed E-state index contributed by atoms with van der Waals surface area (Å²) in [6.07, 6.45) is 3.76.